The normalized spacial score (nSPS) is 25.9. The number of benzene rings is 1. The monoisotopic (exact) mass is 407 g/mol. The van der Waals surface area contributed by atoms with E-state index in [0.717, 1.165) is 38.3 Å². The maximum absolute atomic E-state index is 12.8. The highest BCUT2D eigenvalue weighted by Gasteiger charge is 2.48. The highest BCUT2D eigenvalue weighted by Crippen LogP contribution is 2.51. The summed E-state index contributed by atoms with van der Waals surface area (Å²) in [4.78, 5) is 2.30. The first-order chi connectivity index (χ1) is 13.6. The summed E-state index contributed by atoms with van der Waals surface area (Å²) in [5.41, 5.74) is 0.411. The van der Waals surface area contributed by atoms with Crippen molar-refractivity contribution in [2.75, 3.05) is 13.6 Å². The maximum atomic E-state index is 12.8. The van der Waals surface area contributed by atoms with Crippen LogP contribution < -0.4 is 0 Å². The molecule has 1 aliphatic carbocycles. The zero-order valence-corrected chi connectivity index (χ0v) is 16.4. The Morgan fingerprint density at radius 2 is 1.86 bits per heavy atom. The lowest BCUT2D eigenvalue weighted by atomic mass is 9.64. The van der Waals surface area contributed by atoms with Crippen molar-refractivity contribution in [2.45, 2.75) is 50.9 Å². The van der Waals surface area contributed by atoms with Gasteiger partial charge in [-0.25, -0.2) is 0 Å². The summed E-state index contributed by atoms with van der Waals surface area (Å²) in [7, 11) is 2.08. The molecule has 3 aliphatic rings. The molecule has 1 aromatic heterocycles. The summed E-state index contributed by atoms with van der Waals surface area (Å²) in [6, 6.07) is 5.10. The number of fused-ring (bicyclic) bond motifs is 3. The Kier molecular flexibility index (Phi) is 4.82. The molecule has 5 rings (SSSR count). The number of piperidine rings is 2. The molecule has 0 amide bonds. The molecule has 2 aromatic rings. The molecule has 156 valence electrons. The van der Waals surface area contributed by atoms with E-state index in [2.05, 4.69) is 22.1 Å². The minimum atomic E-state index is -4.53. The molecule has 8 heteroatoms. The predicted molar refractivity (Wildman–Crippen MR) is 101 cm³/mol. The summed E-state index contributed by atoms with van der Waals surface area (Å²) in [5, 5.41) is 29.5. The van der Waals surface area contributed by atoms with Gasteiger partial charge in [0, 0.05) is 23.6 Å². The van der Waals surface area contributed by atoms with Crippen molar-refractivity contribution in [3.63, 3.8) is 0 Å². The molecular formula is C21H24F3N3O2. The lowest BCUT2D eigenvalue weighted by Crippen LogP contribution is -2.54. The van der Waals surface area contributed by atoms with Crippen LogP contribution in [0.15, 0.2) is 24.3 Å². The van der Waals surface area contributed by atoms with Crippen LogP contribution in [-0.4, -0.2) is 44.9 Å². The number of hydrogen-bond donors (Lipinski definition) is 2. The van der Waals surface area contributed by atoms with Crippen LogP contribution in [-0.2, 0) is 6.18 Å². The molecule has 1 atom stereocenters. The number of aromatic hydroxyl groups is 1. The number of rotatable bonds is 3. The number of nitrogens with zero attached hydrogens (tertiary/aromatic N) is 3. The molecule has 2 N–H and O–H groups in total. The smallest absolute Gasteiger partial charge is 0.416 e. The van der Waals surface area contributed by atoms with Crippen molar-refractivity contribution in [1.82, 2.24) is 15.1 Å². The number of aliphatic hydroxyl groups is 1. The van der Waals surface area contributed by atoms with Crippen molar-refractivity contribution in [2.24, 2.45) is 5.41 Å². The zero-order valence-electron chi connectivity index (χ0n) is 16.4. The van der Waals surface area contributed by atoms with Crippen LogP contribution in [0.1, 0.15) is 48.6 Å². The van der Waals surface area contributed by atoms with Gasteiger partial charge in [-0.2, -0.15) is 18.3 Å². The predicted octanol–water partition coefficient (Wildman–Crippen LogP) is 4.08. The van der Waals surface area contributed by atoms with Gasteiger partial charge in [0.1, 0.15) is 11.9 Å². The molecule has 2 saturated heterocycles. The van der Waals surface area contributed by atoms with Gasteiger partial charge in [0.2, 0.25) is 0 Å². The van der Waals surface area contributed by atoms with E-state index < -0.39 is 23.6 Å². The van der Waals surface area contributed by atoms with Gasteiger partial charge in [0.05, 0.1) is 17.0 Å². The number of aromatic nitrogens is 2. The third-order valence-electron chi connectivity index (χ3n) is 6.58. The van der Waals surface area contributed by atoms with Gasteiger partial charge in [-0.15, -0.1) is 5.10 Å². The number of aliphatic hydroxyl groups excluding tert-OH is 1. The fraction of sp³-hybridized carbons (Fsp3) is 0.524. The number of aryl methyl sites for hydroxylation is 1. The van der Waals surface area contributed by atoms with Crippen LogP contribution >= 0.6 is 0 Å². The van der Waals surface area contributed by atoms with Gasteiger partial charge in [-0.1, -0.05) is 0 Å². The molecule has 0 spiro atoms. The molecule has 1 unspecified atom stereocenters. The second-order valence-corrected chi connectivity index (χ2v) is 8.44. The van der Waals surface area contributed by atoms with Crippen molar-refractivity contribution >= 4 is 0 Å². The molecule has 2 aliphatic heterocycles. The average Bonchev–Trinajstić information content (AvgIpc) is 2.67. The van der Waals surface area contributed by atoms with Gasteiger partial charge < -0.3 is 15.1 Å². The number of hydrogen-bond acceptors (Lipinski definition) is 5. The standard InChI is InChI=1S/C21H24F3N3O2/c1-12-9-16(19(29)20-7-5-14(6-8-20)27(2)11-20)25-26-18(12)15-4-3-13(10-17(15)28)21(22,23)24/h3-4,9-10,14,19,28-29H,5-8,11H2,1-2H3. The molecule has 2 bridgehead atoms. The largest absolute Gasteiger partial charge is 0.507 e. The highest BCUT2D eigenvalue weighted by atomic mass is 19.4. The maximum Gasteiger partial charge on any atom is 0.416 e. The Morgan fingerprint density at radius 3 is 2.41 bits per heavy atom. The zero-order chi connectivity index (χ0) is 21.0. The third-order valence-corrected chi connectivity index (χ3v) is 6.58. The summed E-state index contributed by atoms with van der Waals surface area (Å²) < 4.78 is 38.5. The molecule has 3 fully saturated rings. The van der Waals surface area contributed by atoms with Crippen molar-refractivity contribution in [3.05, 3.63) is 41.1 Å². The minimum Gasteiger partial charge on any atom is -0.507 e. The van der Waals surface area contributed by atoms with Gasteiger partial charge in [-0.05, 0) is 69.5 Å². The van der Waals surface area contributed by atoms with E-state index in [1.165, 1.54) is 6.07 Å². The van der Waals surface area contributed by atoms with Crippen LogP contribution in [0, 0.1) is 12.3 Å². The topological polar surface area (TPSA) is 69.5 Å². The second-order valence-electron chi connectivity index (χ2n) is 8.44. The Hall–Kier alpha value is -2.19. The van der Waals surface area contributed by atoms with Crippen LogP contribution in [0.4, 0.5) is 13.2 Å². The Labute approximate surface area is 167 Å². The fourth-order valence-electron chi connectivity index (χ4n) is 4.89. The molecule has 5 nitrogen and oxygen atoms in total. The van der Waals surface area contributed by atoms with E-state index >= 15 is 0 Å². The van der Waals surface area contributed by atoms with Crippen LogP contribution in [0.5, 0.6) is 5.75 Å². The SMILES string of the molecule is Cc1cc(C(O)C23CCC(CC2)N(C)C3)nnc1-c1ccc(C(F)(F)F)cc1O. The number of halogens is 3. The van der Waals surface area contributed by atoms with E-state index in [-0.39, 0.29) is 11.0 Å². The summed E-state index contributed by atoms with van der Waals surface area (Å²) in [6.45, 7) is 2.56. The molecule has 1 saturated carbocycles. The third kappa shape index (κ3) is 3.48. The van der Waals surface area contributed by atoms with E-state index in [0.29, 0.717) is 29.1 Å². The lowest BCUT2D eigenvalue weighted by molar-refractivity contribution is -0.137. The fourth-order valence-corrected chi connectivity index (χ4v) is 4.89. The minimum absolute atomic E-state index is 0.181. The van der Waals surface area contributed by atoms with E-state index in [1.807, 2.05) is 0 Å². The molecular weight excluding hydrogens is 383 g/mol. The number of phenolic OH excluding ortho intramolecular Hbond substituents is 1. The Morgan fingerprint density at radius 1 is 1.17 bits per heavy atom. The van der Waals surface area contributed by atoms with Gasteiger partial charge in [0.15, 0.2) is 0 Å². The summed E-state index contributed by atoms with van der Waals surface area (Å²) in [6.07, 6.45) is -1.31. The average molecular weight is 407 g/mol. The van der Waals surface area contributed by atoms with Crippen LogP contribution in [0.2, 0.25) is 0 Å². The van der Waals surface area contributed by atoms with E-state index in [4.69, 9.17) is 0 Å². The Balaban J connectivity index is 1.63. The highest BCUT2D eigenvalue weighted by molar-refractivity contribution is 5.69. The lowest BCUT2D eigenvalue weighted by Gasteiger charge is -2.53. The van der Waals surface area contributed by atoms with Crippen molar-refractivity contribution in [3.8, 4) is 17.0 Å². The number of alkyl halides is 3. The molecule has 3 heterocycles. The molecule has 29 heavy (non-hydrogen) atoms. The quantitative estimate of drug-likeness (QED) is 0.802. The summed E-state index contributed by atoms with van der Waals surface area (Å²) >= 11 is 0. The molecule has 0 radical (unpaired) electrons. The number of phenols is 1. The second kappa shape index (κ2) is 6.95. The van der Waals surface area contributed by atoms with E-state index in [1.54, 1.807) is 13.0 Å². The van der Waals surface area contributed by atoms with Crippen molar-refractivity contribution in [1.29, 1.82) is 0 Å². The first-order valence-corrected chi connectivity index (χ1v) is 9.74. The Bertz CT molecular complexity index is 924. The van der Waals surface area contributed by atoms with E-state index in [9.17, 15) is 23.4 Å². The van der Waals surface area contributed by atoms with Crippen LogP contribution in [0.3, 0.4) is 0 Å². The first kappa shape index (κ1) is 20.1. The first-order valence-electron chi connectivity index (χ1n) is 9.74. The van der Waals surface area contributed by atoms with Gasteiger partial charge in [-0.3, -0.25) is 0 Å². The van der Waals surface area contributed by atoms with Crippen molar-refractivity contribution < 1.29 is 23.4 Å². The van der Waals surface area contributed by atoms with Crippen LogP contribution in [0.25, 0.3) is 11.3 Å². The molecule has 1 aromatic carbocycles. The van der Waals surface area contributed by atoms with Gasteiger partial charge in [0.25, 0.3) is 0 Å². The van der Waals surface area contributed by atoms with Gasteiger partial charge >= 0.3 is 6.18 Å². The summed E-state index contributed by atoms with van der Waals surface area (Å²) in [5.74, 6) is -0.503.